The summed E-state index contributed by atoms with van der Waals surface area (Å²) in [5, 5.41) is 28.7. The van der Waals surface area contributed by atoms with Crippen LogP contribution in [0.25, 0.3) is 0 Å². The number of carbonyl (C=O) groups is 2. The van der Waals surface area contributed by atoms with Gasteiger partial charge < -0.3 is 10.1 Å². The van der Waals surface area contributed by atoms with Crippen LogP contribution in [0.3, 0.4) is 0 Å². The molecule has 0 unspecified atom stereocenters. The Balaban J connectivity index is 1.60. The first-order valence-corrected chi connectivity index (χ1v) is 10.7. The van der Waals surface area contributed by atoms with Crippen molar-refractivity contribution in [3.63, 3.8) is 0 Å². The number of carbonyl (C=O) groups excluding carboxylic acids is 2. The van der Waals surface area contributed by atoms with E-state index in [9.17, 15) is 29.8 Å². The topological polar surface area (TPSA) is 166 Å². The molecular weight excluding hydrogens is 470 g/mol. The van der Waals surface area contributed by atoms with Gasteiger partial charge in [-0.25, -0.2) is 5.43 Å². The number of nitrogens with one attached hydrogen (secondary N) is 2. The van der Waals surface area contributed by atoms with Crippen LogP contribution in [0.1, 0.15) is 24.5 Å². The molecule has 2 N–H and O–H groups in total. The molecule has 0 spiro atoms. The van der Waals surface area contributed by atoms with E-state index >= 15 is 0 Å². The van der Waals surface area contributed by atoms with Gasteiger partial charge in [0, 0.05) is 11.8 Å². The molecule has 0 saturated heterocycles. The summed E-state index contributed by atoms with van der Waals surface area (Å²) in [4.78, 5) is 44.8. The maximum atomic E-state index is 12.2. The standard InChI is InChI=1S/C24H21N5O7/c1-2-17-7-3-4-9-20(17)26-23(30)14-24(31)27-25-15-16-6-5-8-19(12-16)36-22-11-10-18(28(32)33)13-21(22)29(34)35/h3-13,15H,2,14H2,1H3,(H,26,30)(H,27,31). The summed E-state index contributed by atoms with van der Waals surface area (Å²) in [6, 6.07) is 16.6. The highest BCUT2D eigenvalue weighted by Gasteiger charge is 2.21. The monoisotopic (exact) mass is 491 g/mol. The maximum absolute atomic E-state index is 12.2. The molecule has 0 aliphatic heterocycles. The van der Waals surface area contributed by atoms with Crippen molar-refractivity contribution in [2.24, 2.45) is 5.10 Å². The minimum Gasteiger partial charge on any atom is -0.450 e. The van der Waals surface area contributed by atoms with Gasteiger partial charge in [0.15, 0.2) is 0 Å². The number of amides is 2. The van der Waals surface area contributed by atoms with Crippen molar-refractivity contribution in [3.8, 4) is 11.5 Å². The molecule has 0 heterocycles. The van der Waals surface area contributed by atoms with E-state index < -0.39 is 39.5 Å². The fourth-order valence-electron chi connectivity index (χ4n) is 3.14. The van der Waals surface area contributed by atoms with Gasteiger partial charge in [0.05, 0.1) is 22.1 Å². The second kappa shape index (κ2) is 11.8. The number of para-hydroxylation sites is 1. The second-order valence-electron chi connectivity index (χ2n) is 7.37. The Labute approximate surface area is 204 Å². The molecule has 0 aliphatic carbocycles. The van der Waals surface area contributed by atoms with Crippen LogP contribution in [0.5, 0.6) is 11.5 Å². The van der Waals surface area contributed by atoms with E-state index in [0.29, 0.717) is 11.3 Å². The lowest BCUT2D eigenvalue weighted by Crippen LogP contribution is -2.25. The number of rotatable bonds is 10. The Kier molecular flexibility index (Phi) is 8.38. The molecule has 0 atom stereocenters. The van der Waals surface area contributed by atoms with Crippen molar-refractivity contribution in [1.82, 2.24) is 5.43 Å². The van der Waals surface area contributed by atoms with Gasteiger partial charge in [-0.2, -0.15) is 5.10 Å². The lowest BCUT2D eigenvalue weighted by atomic mass is 10.1. The first-order chi connectivity index (χ1) is 17.3. The van der Waals surface area contributed by atoms with Gasteiger partial charge in [0.2, 0.25) is 17.6 Å². The van der Waals surface area contributed by atoms with Gasteiger partial charge in [-0.05, 0) is 41.8 Å². The molecule has 3 aromatic rings. The Hall–Kier alpha value is -5.13. The molecule has 0 saturated carbocycles. The largest absolute Gasteiger partial charge is 0.450 e. The number of benzene rings is 3. The number of hydrogen-bond acceptors (Lipinski definition) is 8. The van der Waals surface area contributed by atoms with Crippen molar-refractivity contribution in [3.05, 3.63) is 98.1 Å². The minimum absolute atomic E-state index is 0.177. The molecule has 0 aromatic heterocycles. The van der Waals surface area contributed by atoms with E-state index in [4.69, 9.17) is 4.74 Å². The van der Waals surface area contributed by atoms with E-state index in [-0.39, 0.29) is 11.5 Å². The van der Waals surface area contributed by atoms with Crippen molar-refractivity contribution >= 4 is 35.1 Å². The predicted molar refractivity (Wildman–Crippen MR) is 131 cm³/mol. The van der Waals surface area contributed by atoms with Gasteiger partial charge in [0.25, 0.3) is 5.69 Å². The van der Waals surface area contributed by atoms with Gasteiger partial charge in [-0.15, -0.1) is 0 Å². The number of aryl methyl sites for hydroxylation is 1. The molecule has 0 bridgehead atoms. The highest BCUT2D eigenvalue weighted by molar-refractivity contribution is 6.04. The molecule has 3 aromatic carbocycles. The zero-order chi connectivity index (χ0) is 26.1. The highest BCUT2D eigenvalue weighted by Crippen LogP contribution is 2.34. The molecular formula is C24H21N5O7. The van der Waals surface area contributed by atoms with Crippen LogP contribution in [-0.2, 0) is 16.0 Å². The maximum Gasteiger partial charge on any atom is 0.318 e. The average molecular weight is 491 g/mol. The molecule has 12 heteroatoms. The quantitative estimate of drug-likeness (QED) is 0.184. The van der Waals surface area contributed by atoms with E-state index in [1.54, 1.807) is 24.3 Å². The fourth-order valence-corrected chi connectivity index (χ4v) is 3.14. The number of hydrazone groups is 1. The smallest absolute Gasteiger partial charge is 0.318 e. The summed E-state index contributed by atoms with van der Waals surface area (Å²) in [6.07, 6.45) is 1.61. The van der Waals surface area contributed by atoms with Crippen LogP contribution in [0.4, 0.5) is 17.1 Å². The number of nitrogens with zero attached hydrogens (tertiary/aromatic N) is 3. The highest BCUT2D eigenvalue weighted by atomic mass is 16.6. The average Bonchev–Trinajstić information content (AvgIpc) is 2.84. The Bertz CT molecular complexity index is 1340. The third kappa shape index (κ3) is 6.93. The van der Waals surface area contributed by atoms with E-state index in [2.05, 4.69) is 15.8 Å². The third-order valence-corrected chi connectivity index (χ3v) is 4.83. The Morgan fingerprint density at radius 2 is 1.75 bits per heavy atom. The Morgan fingerprint density at radius 1 is 0.972 bits per heavy atom. The number of hydrogen-bond donors (Lipinski definition) is 2. The van der Waals surface area contributed by atoms with Crippen molar-refractivity contribution in [1.29, 1.82) is 0 Å². The zero-order valence-corrected chi connectivity index (χ0v) is 19.0. The SMILES string of the molecule is CCc1ccccc1NC(=O)CC(=O)NN=Cc1cccc(Oc2ccc([N+](=O)[O-])cc2[N+](=O)[O-])c1. The number of nitro groups is 2. The van der Waals surface area contributed by atoms with Crippen LogP contribution in [0.2, 0.25) is 0 Å². The molecule has 3 rings (SSSR count). The summed E-state index contributed by atoms with van der Waals surface area (Å²) in [7, 11) is 0. The molecule has 0 aliphatic rings. The summed E-state index contributed by atoms with van der Waals surface area (Å²) >= 11 is 0. The van der Waals surface area contributed by atoms with Crippen LogP contribution < -0.4 is 15.5 Å². The lowest BCUT2D eigenvalue weighted by molar-refractivity contribution is -0.394. The van der Waals surface area contributed by atoms with E-state index in [1.807, 2.05) is 19.1 Å². The van der Waals surface area contributed by atoms with Crippen molar-refractivity contribution in [2.75, 3.05) is 5.32 Å². The van der Waals surface area contributed by atoms with Gasteiger partial charge in [-0.3, -0.25) is 29.8 Å². The second-order valence-corrected chi connectivity index (χ2v) is 7.37. The number of nitro benzene ring substituents is 2. The Morgan fingerprint density at radius 3 is 2.47 bits per heavy atom. The fraction of sp³-hybridized carbons (Fsp3) is 0.125. The zero-order valence-electron chi connectivity index (χ0n) is 19.0. The first kappa shape index (κ1) is 25.5. The normalized spacial score (nSPS) is 10.6. The summed E-state index contributed by atoms with van der Waals surface area (Å²) in [5.74, 6) is -1.07. The van der Waals surface area contributed by atoms with Crippen LogP contribution >= 0.6 is 0 Å². The van der Waals surface area contributed by atoms with E-state index in [0.717, 1.165) is 30.2 Å². The van der Waals surface area contributed by atoms with Gasteiger partial charge in [0.1, 0.15) is 12.2 Å². The summed E-state index contributed by atoms with van der Waals surface area (Å²) in [5.41, 5.74) is 3.35. The van der Waals surface area contributed by atoms with Gasteiger partial charge >= 0.3 is 5.69 Å². The first-order valence-electron chi connectivity index (χ1n) is 10.7. The molecule has 0 radical (unpaired) electrons. The molecule has 12 nitrogen and oxygen atoms in total. The van der Waals surface area contributed by atoms with Crippen LogP contribution in [-0.4, -0.2) is 27.9 Å². The van der Waals surface area contributed by atoms with Crippen molar-refractivity contribution in [2.45, 2.75) is 19.8 Å². The summed E-state index contributed by atoms with van der Waals surface area (Å²) in [6.45, 7) is 1.96. The van der Waals surface area contributed by atoms with Crippen molar-refractivity contribution < 1.29 is 24.2 Å². The molecule has 0 fully saturated rings. The summed E-state index contributed by atoms with van der Waals surface area (Å²) < 4.78 is 5.54. The van der Waals surface area contributed by atoms with E-state index in [1.165, 1.54) is 18.3 Å². The lowest BCUT2D eigenvalue weighted by Gasteiger charge is -2.09. The van der Waals surface area contributed by atoms with Gasteiger partial charge in [-0.1, -0.05) is 37.3 Å². The number of non-ortho nitro benzene ring substituents is 1. The number of ether oxygens (including phenoxy) is 1. The molecule has 184 valence electrons. The predicted octanol–water partition coefficient (Wildman–Crippen LogP) is 4.34. The van der Waals surface area contributed by atoms with Crippen LogP contribution in [0, 0.1) is 20.2 Å². The third-order valence-electron chi connectivity index (χ3n) is 4.83. The number of anilines is 1. The molecule has 36 heavy (non-hydrogen) atoms. The minimum atomic E-state index is -0.778. The molecule has 2 amide bonds. The van der Waals surface area contributed by atoms with Crippen LogP contribution in [0.15, 0.2) is 71.8 Å².